The van der Waals surface area contributed by atoms with E-state index < -0.39 is 0 Å². The standard InChI is InChI=1S/C24H40N2O3/c1-29-24(28)21-15-19-9-5-6-10-20(19)23(21)25-22(27)16-26-13-11-18(12-14-26)17-7-3-2-4-8-17/h17-21,23H,2-16H2,1H3,(H,25,27). The Labute approximate surface area is 176 Å². The van der Waals surface area contributed by atoms with E-state index in [1.54, 1.807) is 0 Å². The summed E-state index contributed by atoms with van der Waals surface area (Å²) in [7, 11) is 1.47. The minimum absolute atomic E-state index is 0.0278. The lowest BCUT2D eigenvalue weighted by Gasteiger charge is -2.37. The van der Waals surface area contributed by atoms with Crippen molar-refractivity contribution in [3.8, 4) is 0 Å². The summed E-state index contributed by atoms with van der Waals surface area (Å²) < 4.78 is 5.07. The van der Waals surface area contributed by atoms with Gasteiger partial charge in [0.2, 0.25) is 5.91 Å². The predicted octanol–water partition coefficient (Wildman–Crippen LogP) is 3.76. The SMILES string of the molecule is COC(=O)C1CC2CCCCC2C1NC(=O)CN1CCC(C2CCCCC2)CC1. The molecular formula is C24H40N2O3. The molecule has 1 amide bonds. The molecule has 0 spiro atoms. The zero-order valence-electron chi connectivity index (χ0n) is 18.2. The van der Waals surface area contributed by atoms with Crippen molar-refractivity contribution >= 4 is 11.9 Å². The van der Waals surface area contributed by atoms with Gasteiger partial charge in [0.05, 0.1) is 19.6 Å². The van der Waals surface area contributed by atoms with E-state index in [-0.39, 0.29) is 23.8 Å². The van der Waals surface area contributed by atoms with E-state index in [9.17, 15) is 9.59 Å². The number of hydrogen-bond donors (Lipinski definition) is 1. The van der Waals surface area contributed by atoms with Gasteiger partial charge in [-0.2, -0.15) is 0 Å². The van der Waals surface area contributed by atoms with Crippen LogP contribution in [0.25, 0.3) is 0 Å². The van der Waals surface area contributed by atoms with Gasteiger partial charge < -0.3 is 10.1 Å². The zero-order valence-corrected chi connectivity index (χ0v) is 18.2. The van der Waals surface area contributed by atoms with Crippen LogP contribution in [0.2, 0.25) is 0 Å². The van der Waals surface area contributed by atoms with E-state index in [1.807, 2.05) is 0 Å². The minimum atomic E-state index is -0.158. The van der Waals surface area contributed by atoms with Gasteiger partial charge in [-0.15, -0.1) is 0 Å². The van der Waals surface area contributed by atoms with E-state index in [4.69, 9.17) is 4.74 Å². The highest BCUT2D eigenvalue weighted by Gasteiger charge is 2.48. The number of carbonyl (C=O) groups excluding carboxylic acids is 2. The third-order valence-electron chi connectivity index (χ3n) is 8.57. The fourth-order valence-electron chi connectivity index (χ4n) is 7.00. The van der Waals surface area contributed by atoms with Gasteiger partial charge in [0.25, 0.3) is 0 Å². The molecule has 0 aromatic carbocycles. The van der Waals surface area contributed by atoms with E-state index >= 15 is 0 Å². The number of hydrogen-bond acceptors (Lipinski definition) is 4. The van der Waals surface area contributed by atoms with Crippen molar-refractivity contribution < 1.29 is 14.3 Å². The number of nitrogens with zero attached hydrogens (tertiary/aromatic N) is 1. The van der Waals surface area contributed by atoms with Crippen LogP contribution >= 0.6 is 0 Å². The number of likely N-dealkylation sites (tertiary alicyclic amines) is 1. The average Bonchev–Trinajstić information content (AvgIpc) is 3.12. The monoisotopic (exact) mass is 404 g/mol. The highest BCUT2D eigenvalue weighted by Crippen LogP contribution is 2.45. The van der Waals surface area contributed by atoms with E-state index in [0.29, 0.717) is 18.4 Å². The van der Waals surface area contributed by atoms with Gasteiger partial charge in [-0.25, -0.2) is 0 Å². The number of piperidine rings is 1. The summed E-state index contributed by atoms with van der Waals surface area (Å²) >= 11 is 0. The molecule has 4 aliphatic rings. The topological polar surface area (TPSA) is 58.6 Å². The number of carbonyl (C=O) groups is 2. The molecule has 1 aliphatic heterocycles. The van der Waals surface area contributed by atoms with Gasteiger partial charge in [0.15, 0.2) is 0 Å². The van der Waals surface area contributed by atoms with Crippen LogP contribution in [0.4, 0.5) is 0 Å². The smallest absolute Gasteiger partial charge is 0.310 e. The largest absolute Gasteiger partial charge is 0.469 e. The number of ether oxygens (including phenoxy) is 1. The molecule has 5 heteroatoms. The Morgan fingerprint density at radius 2 is 1.48 bits per heavy atom. The summed E-state index contributed by atoms with van der Waals surface area (Å²) in [5, 5.41) is 3.28. The number of esters is 1. The molecule has 1 N–H and O–H groups in total. The molecule has 0 aromatic rings. The Hall–Kier alpha value is -1.10. The molecule has 4 rings (SSSR count). The minimum Gasteiger partial charge on any atom is -0.469 e. The first kappa shape index (κ1) is 21.1. The van der Waals surface area contributed by atoms with Gasteiger partial charge >= 0.3 is 5.97 Å². The number of fused-ring (bicyclic) bond motifs is 1. The maximum atomic E-state index is 12.9. The maximum absolute atomic E-state index is 12.9. The third-order valence-corrected chi connectivity index (χ3v) is 8.57. The maximum Gasteiger partial charge on any atom is 0.310 e. The number of rotatable bonds is 5. The highest BCUT2D eigenvalue weighted by molar-refractivity contribution is 5.80. The predicted molar refractivity (Wildman–Crippen MR) is 113 cm³/mol. The van der Waals surface area contributed by atoms with E-state index in [0.717, 1.165) is 37.8 Å². The van der Waals surface area contributed by atoms with Crippen molar-refractivity contribution in [3.63, 3.8) is 0 Å². The molecule has 5 nitrogen and oxygen atoms in total. The summed E-state index contributed by atoms with van der Waals surface area (Å²) in [6.45, 7) is 2.58. The fourth-order valence-corrected chi connectivity index (χ4v) is 7.00. The quantitative estimate of drug-likeness (QED) is 0.709. The van der Waals surface area contributed by atoms with Gasteiger partial charge in [0.1, 0.15) is 0 Å². The van der Waals surface area contributed by atoms with Crippen LogP contribution < -0.4 is 5.32 Å². The van der Waals surface area contributed by atoms with E-state index in [1.165, 1.54) is 71.3 Å². The zero-order chi connectivity index (χ0) is 20.2. The van der Waals surface area contributed by atoms with Crippen LogP contribution in [-0.2, 0) is 14.3 Å². The summed E-state index contributed by atoms with van der Waals surface area (Å²) in [5.41, 5.74) is 0. The summed E-state index contributed by atoms with van der Waals surface area (Å²) in [5.74, 6) is 2.63. The molecule has 1 heterocycles. The van der Waals surface area contributed by atoms with Gasteiger partial charge in [0, 0.05) is 6.04 Å². The highest BCUT2D eigenvalue weighted by atomic mass is 16.5. The Morgan fingerprint density at radius 1 is 0.862 bits per heavy atom. The van der Waals surface area contributed by atoms with Crippen molar-refractivity contribution in [2.75, 3.05) is 26.7 Å². The molecule has 4 unspecified atom stereocenters. The Bertz CT molecular complexity index is 566. The molecule has 1 saturated heterocycles. The lowest BCUT2D eigenvalue weighted by molar-refractivity contribution is -0.146. The molecule has 3 aliphatic carbocycles. The first-order chi connectivity index (χ1) is 14.2. The second-order valence-electron chi connectivity index (χ2n) is 10.2. The number of methoxy groups -OCH3 is 1. The molecule has 0 radical (unpaired) electrons. The lowest BCUT2D eigenvalue weighted by atomic mass is 9.76. The van der Waals surface area contributed by atoms with Crippen molar-refractivity contribution in [3.05, 3.63) is 0 Å². The molecular weight excluding hydrogens is 364 g/mol. The Morgan fingerprint density at radius 3 is 2.21 bits per heavy atom. The van der Waals surface area contributed by atoms with Crippen molar-refractivity contribution in [2.24, 2.45) is 29.6 Å². The summed E-state index contributed by atoms with van der Waals surface area (Å²) in [4.78, 5) is 27.5. The first-order valence-corrected chi connectivity index (χ1v) is 12.2. The lowest BCUT2D eigenvalue weighted by Crippen LogP contribution is -2.49. The normalized spacial score (nSPS) is 34.5. The van der Waals surface area contributed by atoms with Gasteiger partial charge in [-0.3, -0.25) is 14.5 Å². The molecule has 164 valence electrons. The third kappa shape index (κ3) is 4.98. The van der Waals surface area contributed by atoms with Crippen LogP contribution in [-0.4, -0.2) is 49.6 Å². The second kappa shape index (κ2) is 9.80. The molecule has 0 aromatic heterocycles. The molecule has 29 heavy (non-hydrogen) atoms. The molecule has 3 saturated carbocycles. The second-order valence-corrected chi connectivity index (χ2v) is 10.2. The Balaban J connectivity index is 1.27. The first-order valence-electron chi connectivity index (χ1n) is 12.2. The van der Waals surface area contributed by atoms with Gasteiger partial charge in [-0.05, 0) is 62.4 Å². The van der Waals surface area contributed by atoms with Crippen molar-refractivity contribution in [1.29, 1.82) is 0 Å². The van der Waals surface area contributed by atoms with Crippen molar-refractivity contribution in [2.45, 2.75) is 83.1 Å². The van der Waals surface area contributed by atoms with Crippen LogP contribution in [0.1, 0.15) is 77.0 Å². The average molecular weight is 405 g/mol. The number of amides is 1. The fraction of sp³-hybridized carbons (Fsp3) is 0.917. The van der Waals surface area contributed by atoms with Crippen molar-refractivity contribution in [1.82, 2.24) is 10.2 Å². The Kier molecular flexibility index (Phi) is 7.15. The van der Waals surface area contributed by atoms with E-state index in [2.05, 4.69) is 10.2 Å². The molecule has 4 fully saturated rings. The number of nitrogens with one attached hydrogen (secondary N) is 1. The summed E-state index contributed by atoms with van der Waals surface area (Å²) in [6.07, 6.45) is 15.3. The van der Waals surface area contributed by atoms with Crippen LogP contribution in [0.15, 0.2) is 0 Å². The summed E-state index contributed by atoms with van der Waals surface area (Å²) in [6, 6.07) is -0.0278. The van der Waals surface area contributed by atoms with Gasteiger partial charge in [-0.1, -0.05) is 51.4 Å². The van der Waals surface area contributed by atoms with Crippen LogP contribution in [0.5, 0.6) is 0 Å². The molecule has 4 atom stereocenters. The van der Waals surface area contributed by atoms with Crippen LogP contribution in [0, 0.1) is 29.6 Å². The van der Waals surface area contributed by atoms with Crippen LogP contribution in [0.3, 0.4) is 0 Å². The molecule has 0 bridgehead atoms.